The number of likely N-dealkylation sites (N-methyl/N-ethyl adjacent to an activating group) is 1. The molecule has 3 aromatic rings. The maximum absolute atomic E-state index is 13.2. The molecule has 3 heterocycles. The van der Waals surface area contributed by atoms with Crippen molar-refractivity contribution < 1.29 is 18.7 Å². The number of carbonyl (C=O) groups is 1. The fourth-order valence-corrected chi connectivity index (χ4v) is 8.58. The molecule has 0 spiro atoms. The van der Waals surface area contributed by atoms with Crippen LogP contribution in [0.1, 0.15) is 90.0 Å². The third kappa shape index (κ3) is 8.34. The van der Waals surface area contributed by atoms with Gasteiger partial charge in [0, 0.05) is 31.2 Å². The molecule has 11 heteroatoms. The number of likely N-dealkylation sites (tertiary alicyclic amines) is 1. The van der Waals surface area contributed by atoms with Crippen LogP contribution in [0, 0.1) is 11.3 Å². The summed E-state index contributed by atoms with van der Waals surface area (Å²) in [7, 11) is 0.0929. The maximum atomic E-state index is 13.2. The number of piperazine rings is 1. The SMILES string of the molecule is CN1CCC[C@H]1COc1nc2c(c(N3CCN(C(=O)OC(C)(C)C)C(CC#N)C3)n1)CCC(c1cc(O[Si](C)(C)C(C)(C)C)cc3ccccc13)C2. The van der Waals surface area contributed by atoms with Gasteiger partial charge in [0.1, 0.15) is 23.8 Å². The van der Waals surface area contributed by atoms with E-state index in [4.69, 9.17) is 23.9 Å². The van der Waals surface area contributed by atoms with E-state index in [0.29, 0.717) is 38.3 Å². The summed E-state index contributed by atoms with van der Waals surface area (Å²) in [6.45, 7) is 20.2. The van der Waals surface area contributed by atoms with Crippen LogP contribution in [0.25, 0.3) is 10.8 Å². The van der Waals surface area contributed by atoms with E-state index in [1.807, 2.05) is 20.8 Å². The van der Waals surface area contributed by atoms with E-state index >= 15 is 0 Å². The minimum absolute atomic E-state index is 0.0875. The fraction of sp³-hybridized carbons (Fsp3) is 0.610. The Labute approximate surface area is 311 Å². The first-order valence-corrected chi connectivity index (χ1v) is 22.0. The molecule has 0 saturated carbocycles. The standard InChI is InChI=1S/C41H58N6O4Si/c1-40(2,3)50-39(48)47-22-21-46(26-30(47)18-19-42)37-34-17-16-29(24-36(34)43-38(44-37)49-27-31-14-12-20-45(31)7)35-25-32(51-52(8,9)41(4,5)6)23-28-13-10-11-15-33(28)35/h10-11,13,15,23,25,29-31H,12,14,16-18,20-22,24,26-27H2,1-9H3/t29?,30?,31-/m0/s1. The van der Waals surface area contributed by atoms with Crippen molar-refractivity contribution in [1.82, 2.24) is 19.8 Å². The number of nitrogens with zero attached hydrogens (tertiary/aromatic N) is 6. The monoisotopic (exact) mass is 726 g/mol. The number of aromatic nitrogens is 2. The molecule has 10 nitrogen and oxygen atoms in total. The van der Waals surface area contributed by atoms with E-state index in [2.05, 4.69) is 93.2 Å². The predicted molar refractivity (Wildman–Crippen MR) is 209 cm³/mol. The Morgan fingerprint density at radius 1 is 1.02 bits per heavy atom. The Morgan fingerprint density at radius 2 is 1.79 bits per heavy atom. The second-order valence-electron chi connectivity index (χ2n) is 17.5. The zero-order chi connectivity index (χ0) is 37.4. The number of anilines is 1. The molecule has 2 unspecified atom stereocenters. The van der Waals surface area contributed by atoms with Crippen molar-refractivity contribution in [1.29, 1.82) is 5.26 Å². The first-order chi connectivity index (χ1) is 24.5. The predicted octanol–water partition coefficient (Wildman–Crippen LogP) is 8.10. The topological polar surface area (TPSA) is 104 Å². The van der Waals surface area contributed by atoms with Crippen molar-refractivity contribution in [2.24, 2.45) is 0 Å². The number of carbonyl (C=O) groups excluding carboxylic acids is 1. The van der Waals surface area contributed by atoms with E-state index in [1.54, 1.807) is 4.90 Å². The molecule has 2 aliphatic heterocycles. The van der Waals surface area contributed by atoms with Gasteiger partial charge in [-0.2, -0.15) is 15.2 Å². The van der Waals surface area contributed by atoms with Crippen LogP contribution in [-0.2, 0) is 17.6 Å². The van der Waals surface area contributed by atoms with Gasteiger partial charge < -0.3 is 28.6 Å². The molecule has 2 aromatic carbocycles. The number of fused-ring (bicyclic) bond motifs is 2. The van der Waals surface area contributed by atoms with Crippen molar-refractivity contribution >= 4 is 31.0 Å². The molecule has 2 saturated heterocycles. The normalized spacial score (nSPS) is 21.5. The fourth-order valence-electron chi connectivity index (χ4n) is 7.57. The minimum Gasteiger partial charge on any atom is -0.543 e. The summed E-state index contributed by atoms with van der Waals surface area (Å²) in [5, 5.41) is 12.3. The molecular weight excluding hydrogens is 669 g/mol. The largest absolute Gasteiger partial charge is 0.543 e. The first kappa shape index (κ1) is 37.9. The molecule has 1 aromatic heterocycles. The number of nitriles is 1. The summed E-state index contributed by atoms with van der Waals surface area (Å²) in [5.74, 6) is 2.06. The lowest BCUT2D eigenvalue weighted by atomic mass is 9.80. The third-order valence-corrected chi connectivity index (χ3v) is 15.9. The van der Waals surface area contributed by atoms with E-state index in [9.17, 15) is 10.1 Å². The van der Waals surface area contributed by atoms with Crippen molar-refractivity contribution in [3.05, 3.63) is 53.2 Å². The molecule has 1 amide bonds. The van der Waals surface area contributed by atoms with Crippen LogP contribution in [0.2, 0.25) is 18.1 Å². The van der Waals surface area contributed by atoms with Crippen LogP contribution >= 0.6 is 0 Å². The summed E-state index contributed by atoms with van der Waals surface area (Å²) in [6, 6.07) is 15.9. The first-order valence-electron chi connectivity index (χ1n) is 19.1. The highest BCUT2D eigenvalue weighted by Crippen LogP contribution is 2.43. The zero-order valence-electron chi connectivity index (χ0n) is 32.8. The molecule has 1 aliphatic carbocycles. The van der Waals surface area contributed by atoms with Gasteiger partial charge >= 0.3 is 12.1 Å². The molecule has 6 rings (SSSR count). The number of benzene rings is 2. The van der Waals surface area contributed by atoms with E-state index in [-0.39, 0.29) is 29.5 Å². The molecule has 2 fully saturated rings. The van der Waals surface area contributed by atoms with Gasteiger partial charge in [-0.1, -0.05) is 45.0 Å². The number of ether oxygens (including phenoxy) is 2. The smallest absolute Gasteiger partial charge is 0.410 e. The Morgan fingerprint density at radius 3 is 2.48 bits per heavy atom. The van der Waals surface area contributed by atoms with Crippen LogP contribution in [0.4, 0.5) is 10.6 Å². The van der Waals surface area contributed by atoms with Gasteiger partial charge in [0.15, 0.2) is 0 Å². The minimum atomic E-state index is -2.06. The lowest BCUT2D eigenvalue weighted by Gasteiger charge is -2.42. The molecular formula is C41H58N6O4Si. The molecule has 3 atom stereocenters. The van der Waals surface area contributed by atoms with Gasteiger partial charge in [-0.25, -0.2) is 4.79 Å². The zero-order valence-corrected chi connectivity index (χ0v) is 33.8. The lowest BCUT2D eigenvalue weighted by molar-refractivity contribution is 0.0144. The Kier molecular flexibility index (Phi) is 10.8. The number of rotatable bonds is 8. The quantitative estimate of drug-likeness (QED) is 0.213. The molecule has 3 aliphatic rings. The maximum Gasteiger partial charge on any atom is 0.410 e. The van der Waals surface area contributed by atoms with Crippen LogP contribution < -0.4 is 14.1 Å². The van der Waals surface area contributed by atoms with Crippen LogP contribution in [0.3, 0.4) is 0 Å². The Balaban J connectivity index is 1.34. The van der Waals surface area contributed by atoms with Gasteiger partial charge in [0.25, 0.3) is 0 Å². The molecule has 0 bridgehead atoms. The highest BCUT2D eigenvalue weighted by Gasteiger charge is 2.40. The van der Waals surface area contributed by atoms with Crippen LogP contribution in [0.5, 0.6) is 11.8 Å². The van der Waals surface area contributed by atoms with Gasteiger partial charge in [-0.15, -0.1) is 0 Å². The second-order valence-corrected chi connectivity index (χ2v) is 22.2. The van der Waals surface area contributed by atoms with Gasteiger partial charge in [-0.05, 0) is 119 Å². The average molecular weight is 727 g/mol. The number of hydrogen-bond donors (Lipinski definition) is 0. The van der Waals surface area contributed by atoms with E-state index in [0.717, 1.165) is 61.5 Å². The third-order valence-electron chi connectivity index (χ3n) is 11.5. The van der Waals surface area contributed by atoms with Crippen molar-refractivity contribution in [3.63, 3.8) is 0 Å². The van der Waals surface area contributed by atoms with Gasteiger partial charge in [0.05, 0.1) is 24.2 Å². The summed E-state index contributed by atoms with van der Waals surface area (Å²) < 4.78 is 19.0. The molecule has 0 radical (unpaired) electrons. The summed E-state index contributed by atoms with van der Waals surface area (Å²) in [5.41, 5.74) is 2.84. The second kappa shape index (κ2) is 14.9. The summed E-state index contributed by atoms with van der Waals surface area (Å²) in [6.07, 6.45) is 4.62. The van der Waals surface area contributed by atoms with E-state index in [1.165, 1.54) is 16.3 Å². The van der Waals surface area contributed by atoms with Crippen LogP contribution in [-0.4, -0.2) is 91.7 Å². The van der Waals surface area contributed by atoms with Crippen molar-refractivity contribution in [2.45, 2.75) is 122 Å². The highest BCUT2D eigenvalue weighted by molar-refractivity contribution is 6.74. The molecule has 52 heavy (non-hydrogen) atoms. The van der Waals surface area contributed by atoms with Gasteiger partial charge in [-0.3, -0.25) is 0 Å². The highest BCUT2D eigenvalue weighted by atomic mass is 28.4. The summed E-state index contributed by atoms with van der Waals surface area (Å²) >= 11 is 0. The lowest BCUT2D eigenvalue weighted by Crippen LogP contribution is -2.56. The molecule has 0 N–H and O–H groups in total. The average Bonchev–Trinajstić information content (AvgIpc) is 3.49. The Hall–Kier alpha value is -3.88. The summed E-state index contributed by atoms with van der Waals surface area (Å²) in [4.78, 5) is 29.7. The number of amides is 1. The number of hydrogen-bond acceptors (Lipinski definition) is 9. The van der Waals surface area contributed by atoms with Crippen molar-refractivity contribution in [2.75, 3.05) is 44.7 Å². The Bertz CT molecular complexity index is 1810. The molecule has 280 valence electrons. The van der Waals surface area contributed by atoms with E-state index < -0.39 is 13.9 Å². The van der Waals surface area contributed by atoms with Crippen LogP contribution in [0.15, 0.2) is 36.4 Å². The van der Waals surface area contributed by atoms with Crippen molar-refractivity contribution in [3.8, 4) is 17.8 Å². The van der Waals surface area contributed by atoms with Gasteiger partial charge in [0.2, 0.25) is 8.32 Å².